The minimum Gasteiger partial charge on any atom is -0.455 e. The molecule has 0 bridgehead atoms. The summed E-state index contributed by atoms with van der Waals surface area (Å²) < 4.78 is 6.82. The lowest BCUT2D eigenvalue weighted by Gasteiger charge is -2.06. The SMILES string of the molecule is Cc1cc(Cn2nnc3c(-c4cc([N+](=O)[O-])co4)nc(N)nc32)ccc1N. The molecule has 11 heteroatoms. The Bertz CT molecular complexity index is 1180. The van der Waals surface area contributed by atoms with Crippen LogP contribution in [0.2, 0.25) is 0 Å². The third-order valence-electron chi connectivity index (χ3n) is 4.08. The summed E-state index contributed by atoms with van der Waals surface area (Å²) in [6.45, 7) is 2.31. The molecule has 0 saturated heterocycles. The molecule has 0 aliphatic carbocycles. The van der Waals surface area contributed by atoms with E-state index in [1.165, 1.54) is 6.07 Å². The summed E-state index contributed by atoms with van der Waals surface area (Å²) >= 11 is 0. The molecule has 0 fully saturated rings. The van der Waals surface area contributed by atoms with Crippen LogP contribution in [0.1, 0.15) is 11.1 Å². The first-order valence-electron chi connectivity index (χ1n) is 7.87. The lowest BCUT2D eigenvalue weighted by Crippen LogP contribution is -2.05. The Morgan fingerprint density at radius 1 is 1.26 bits per heavy atom. The van der Waals surface area contributed by atoms with Crippen molar-refractivity contribution in [3.8, 4) is 11.5 Å². The molecular formula is C16H14N8O3. The Morgan fingerprint density at radius 3 is 2.78 bits per heavy atom. The second-order valence-corrected chi connectivity index (χ2v) is 5.97. The Hall–Kier alpha value is -4.02. The molecule has 0 saturated carbocycles. The van der Waals surface area contributed by atoms with Crippen LogP contribution >= 0.6 is 0 Å². The number of fused-ring (bicyclic) bond motifs is 1. The summed E-state index contributed by atoms with van der Waals surface area (Å²) in [7, 11) is 0. The zero-order chi connectivity index (χ0) is 19.1. The van der Waals surface area contributed by atoms with E-state index >= 15 is 0 Å². The van der Waals surface area contributed by atoms with E-state index in [2.05, 4.69) is 20.3 Å². The number of nitrogens with two attached hydrogens (primary N) is 2. The number of hydrogen-bond donors (Lipinski definition) is 2. The molecule has 0 atom stereocenters. The second-order valence-electron chi connectivity index (χ2n) is 5.97. The van der Waals surface area contributed by atoms with E-state index in [9.17, 15) is 10.1 Å². The molecule has 27 heavy (non-hydrogen) atoms. The van der Waals surface area contributed by atoms with Crippen molar-refractivity contribution >= 4 is 28.5 Å². The first-order chi connectivity index (χ1) is 12.9. The Balaban J connectivity index is 1.79. The molecule has 4 N–H and O–H groups in total. The average molecular weight is 366 g/mol. The molecular weight excluding hydrogens is 352 g/mol. The van der Waals surface area contributed by atoms with E-state index in [0.717, 1.165) is 17.4 Å². The third-order valence-corrected chi connectivity index (χ3v) is 4.08. The molecule has 0 spiro atoms. The van der Waals surface area contributed by atoms with Gasteiger partial charge in [0.2, 0.25) is 5.95 Å². The van der Waals surface area contributed by atoms with E-state index in [1.807, 2.05) is 25.1 Å². The Morgan fingerprint density at radius 2 is 2.07 bits per heavy atom. The summed E-state index contributed by atoms with van der Waals surface area (Å²) in [5.74, 6) is 0.143. The third kappa shape index (κ3) is 2.90. The number of nitrogen functional groups attached to an aromatic ring is 2. The normalized spacial score (nSPS) is 11.1. The molecule has 0 radical (unpaired) electrons. The maximum Gasteiger partial charge on any atom is 0.307 e. The van der Waals surface area contributed by atoms with Gasteiger partial charge in [0, 0.05) is 5.69 Å². The summed E-state index contributed by atoms with van der Waals surface area (Å²) in [5, 5.41) is 19.1. The quantitative estimate of drug-likeness (QED) is 0.311. The van der Waals surface area contributed by atoms with Gasteiger partial charge in [-0.2, -0.15) is 4.98 Å². The van der Waals surface area contributed by atoms with Crippen molar-refractivity contribution in [1.29, 1.82) is 0 Å². The number of nitro groups is 1. The van der Waals surface area contributed by atoms with Crippen molar-refractivity contribution in [2.75, 3.05) is 11.5 Å². The van der Waals surface area contributed by atoms with Crippen LogP contribution in [-0.4, -0.2) is 29.9 Å². The molecule has 0 unspecified atom stereocenters. The van der Waals surface area contributed by atoms with Crippen molar-refractivity contribution in [1.82, 2.24) is 25.0 Å². The van der Waals surface area contributed by atoms with Gasteiger partial charge in [-0.25, -0.2) is 9.67 Å². The van der Waals surface area contributed by atoms with Gasteiger partial charge >= 0.3 is 5.69 Å². The highest BCUT2D eigenvalue weighted by Gasteiger charge is 2.20. The minimum absolute atomic E-state index is 0.0198. The average Bonchev–Trinajstić information content (AvgIpc) is 3.25. The van der Waals surface area contributed by atoms with Crippen LogP contribution in [-0.2, 0) is 6.54 Å². The zero-order valence-electron chi connectivity index (χ0n) is 14.2. The predicted octanol–water partition coefficient (Wildman–Crippen LogP) is 1.91. The predicted molar refractivity (Wildman–Crippen MR) is 96.6 cm³/mol. The van der Waals surface area contributed by atoms with Gasteiger partial charge in [0.15, 0.2) is 23.2 Å². The first kappa shape index (κ1) is 16.4. The number of hydrogen-bond acceptors (Lipinski definition) is 9. The summed E-state index contributed by atoms with van der Waals surface area (Å²) in [6.07, 6.45) is 1.03. The summed E-state index contributed by atoms with van der Waals surface area (Å²) in [4.78, 5) is 18.6. The molecule has 0 amide bonds. The molecule has 0 aliphatic rings. The maximum atomic E-state index is 10.9. The fourth-order valence-electron chi connectivity index (χ4n) is 2.71. The number of aryl methyl sites for hydroxylation is 1. The Kier molecular flexibility index (Phi) is 3.69. The lowest BCUT2D eigenvalue weighted by atomic mass is 10.1. The van der Waals surface area contributed by atoms with Gasteiger partial charge in [-0.05, 0) is 24.1 Å². The minimum atomic E-state index is -0.560. The zero-order valence-corrected chi connectivity index (χ0v) is 14.2. The van der Waals surface area contributed by atoms with Crippen LogP contribution in [0.3, 0.4) is 0 Å². The molecule has 3 aromatic heterocycles. The lowest BCUT2D eigenvalue weighted by molar-refractivity contribution is -0.385. The number of benzene rings is 1. The molecule has 3 heterocycles. The number of anilines is 2. The fraction of sp³-hybridized carbons (Fsp3) is 0.125. The molecule has 4 aromatic rings. The molecule has 136 valence electrons. The molecule has 4 rings (SSSR count). The summed E-state index contributed by atoms with van der Waals surface area (Å²) in [6, 6.07) is 6.91. The van der Waals surface area contributed by atoms with Crippen LogP contribution in [0.5, 0.6) is 0 Å². The van der Waals surface area contributed by atoms with Crippen LogP contribution in [0.25, 0.3) is 22.6 Å². The van der Waals surface area contributed by atoms with E-state index in [1.54, 1.807) is 4.68 Å². The van der Waals surface area contributed by atoms with Gasteiger partial charge in [-0.15, -0.1) is 5.10 Å². The molecule has 1 aromatic carbocycles. The highest BCUT2D eigenvalue weighted by molar-refractivity contribution is 5.86. The molecule has 0 aliphatic heterocycles. The second kappa shape index (κ2) is 6.05. The van der Waals surface area contributed by atoms with E-state index in [0.29, 0.717) is 23.4 Å². The first-order valence-corrected chi connectivity index (χ1v) is 7.87. The van der Waals surface area contributed by atoms with Gasteiger partial charge in [-0.1, -0.05) is 17.3 Å². The topological polar surface area (TPSA) is 165 Å². The van der Waals surface area contributed by atoms with Crippen LogP contribution in [0, 0.1) is 17.0 Å². The number of nitrogens with zero attached hydrogens (tertiary/aromatic N) is 6. The van der Waals surface area contributed by atoms with Gasteiger partial charge in [0.25, 0.3) is 0 Å². The van der Waals surface area contributed by atoms with Crippen molar-refractivity contribution in [3.63, 3.8) is 0 Å². The van der Waals surface area contributed by atoms with Crippen LogP contribution in [0.4, 0.5) is 17.3 Å². The van der Waals surface area contributed by atoms with Crippen molar-refractivity contribution in [3.05, 3.63) is 51.8 Å². The molecule has 11 nitrogen and oxygen atoms in total. The number of aromatic nitrogens is 5. The smallest absolute Gasteiger partial charge is 0.307 e. The largest absolute Gasteiger partial charge is 0.455 e. The number of furan rings is 1. The maximum absolute atomic E-state index is 10.9. The van der Waals surface area contributed by atoms with Crippen LogP contribution < -0.4 is 11.5 Å². The monoisotopic (exact) mass is 366 g/mol. The van der Waals surface area contributed by atoms with Crippen LogP contribution in [0.15, 0.2) is 34.9 Å². The highest BCUT2D eigenvalue weighted by atomic mass is 16.6. The van der Waals surface area contributed by atoms with Gasteiger partial charge in [0.1, 0.15) is 5.69 Å². The van der Waals surface area contributed by atoms with Crippen molar-refractivity contribution in [2.24, 2.45) is 0 Å². The summed E-state index contributed by atoms with van der Waals surface area (Å²) in [5.41, 5.74) is 15.1. The van der Waals surface area contributed by atoms with Gasteiger partial charge in [-0.3, -0.25) is 10.1 Å². The van der Waals surface area contributed by atoms with E-state index in [4.69, 9.17) is 15.9 Å². The van der Waals surface area contributed by atoms with E-state index in [-0.39, 0.29) is 23.1 Å². The van der Waals surface area contributed by atoms with E-state index < -0.39 is 4.92 Å². The van der Waals surface area contributed by atoms with Gasteiger partial charge in [0.05, 0.1) is 17.5 Å². The number of rotatable bonds is 4. The van der Waals surface area contributed by atoms with Gasteiger partial charge < -0.3 is 15.9 Å². The van der Waals surface area contributed by atoms with Crippen molar-refractivity contribution in [2.45, 2.75) is 13.5 Å². The fourth-order valence-corrected chi connectivity index (χ4v) is 2.71. The Labute approximate surface area is 151 Å². The highest BCUT2D eigenvalue weighted by Crippen LogP contribution is 2.29. The standard InChI is InChI=1S/C16H14N8O3/c1-8-4-9(2-3-11(8)17)6-23-15-14(21-22-23)13(19-16(18)20-15)12-5-10(7-27-12)24(25)26/h2-5,7H,6,17H2,1H3,(H2,18,19,20). The van der Waals surface area contributed by atoms with Crippen molar-refractivity contribution < 1.29 is 9.34 Å².